The van der Waals surface area contributed by atoms with Gasteiger partial charge in [0.25, 0.3) is 0 Å². The lowest BCUT2D eigenvalue weighted by Crippen LogP contribution is -2.59. The van der Waals surface area contributed by atoms with Crippen molar-refractivity contribution >= 4 is 0 Å². The van der Waals surface area contributed by atoms with Gasteiger partial charge in [-0.1, -0.05) is 29.9 Å². The first kappa shape index (κ1) is 25.9. The minimum atomic E-state index is -1.55. The molecule has 0 aliphatic carbocycles. The van der Waals surface area contributed by atoms with Crippen molar-refractivity contribution in [2.75, 3.05) is 6.61 Å². The van der Waals surface area contributed by atoms with Crippen LogP contribution in [0.15, 0.2) is 36.5 Å². The Labute approximate surface area is 172 Å². The number of ether oxygens (including phenoxy) is 2. The first-order chi connectivity index (χ1) is 13.4. The zero-order valence-corrected chi connectivity index (χ0v) is 17.4. The van der Waals surface area contributed by atoms with Crippen LogP contribution in [-0.4, -0.2) is 85.8 Å². The maximum absolute atomic E-state index is 10.4. The Kier molecular flexibility index (Phi) is 10.1. The summed E-state index contributed by atoms with van der Waals surface area (Å²) in [4.78, 5) is 0. The Morgan fingerprint density at radius 2 is 1.83 bits per heavy atom. The quantitative estimate of drug-likeness (QED) is 0.262. The van der Waals surface area contributed by atoms with Crippen molar-refractivity contribution in [2.45, 2.75) is 88.5 Å². The minimum absolute atomic E-state index is 0.0892. The zero-order valence-electron chi connectivity index (χ0n) is 17.4. The molecule has 1 heterocycles. The third-order valence-corrected chi connectivity index (χ3v) is 5.06. The molecule has 8 unspecified atom stereocenters. The van der Waals surface area contributed by atoms with E-state index < -0.39 is 55.1 Å². The lowest BCUT2D eigenvalue weighted by atomic mass is 9.95. The van der Waals surface area contributed by atoms with Gasteiger partial charge in [-0.05, 0) is 33.6 Å². The maximum atomic E-state index is 10.4. The Morgan fingerprint density at radius 3 is 2.34 bits per heavy atom. The Morgan fingerprint density at radius 1 is 1.21 bits per heavy atom. The number of hydrogen-bond acceptors (Lipinski definition) is 8. The summed E-state index contributed by atoms with van der Waals surface area (Å²) in [6, 6.07) is 0. The number of allylic oxidation sites excluding steroid dienone is 1. The predicted octanol–water partition coefficient (Wildman–Crippen LogP) is 0.162. The van der Waals surface area contributed by atoms with Gasteiger partial charge in [-0.3, -0.25) is 0 Å². The molecule has 29 heavy (non-hydrogen) atoms. The van der Waals surface area contributed by atoms with Gasteiger partial charge in [0.15, 0.2) is 6.29 Å². The molecule has 1 aliphatic rings. The predicted molar refractivity (Wildman–Crippen MR) is 108 cm³/mol. The third-order valence-electron chi connectivity index (χ3n) is 5.06. The van der Waals surface area contributed by atoms with Crippen molar-refractivity contribution in [3.63, 3.8) is 0 Å². The second kappa shape index (κ2) is 11.3. The molecule has 8 nitrogen and oxygen atoms in total. The van der Waals surface area contributed by atoms with E-state index in [1.54, 1.807) is 19.9 Å². The fourth-order valence-electron chi connectivity index (χ4n) is 3.00. The lowest BCUT2D eigenvalue weighted by molar-refractivity contribution is -0.309. The molecule has 0 aromatic carbocycles. The van der Waals surface area contributed by atoms with Crippen LogP contribution in [0.4, 0.5) is 0 Å². The van der Waals surface area contributed by atoms with Crippen molar-refractivity contribution in [1.82, 2.24) is 0 Å². The zero-order chi connectivity index (χ0) is 22.4. The standard InChI is InChI=1S/C21H36O8/c1-6-21(5,27)10-14(9-13(4)7-8-15(23)12(2)3)28-20-19(26)18(25)17(24)16(11-22)29-20/h6,9,14-20,22-27H,1-2,7-8,10-11H2,3-5H3. The van der Waals surface area contributed by atoms with Crippen molar-refractivity contribution in [1.29, 1.82) is 0 Å². The summed E-state index contributed by atoms with van der Waals surface area (Å²) in [6.07, 6.45) is -4.11. The van der Waals surface area contributed by atoms with Gasteiger partial charge in [-0.2, -0.15) is 0 Å². The number of aliphatic hydroxyl groups is 6. The number of hydrogen-bond donors (Lipinski definition) is 6. The second-order valence-corrected chi connectivity index (χ2v) is 8.05. The van der Waals surface area contributed by atoms with Gasteiger partial charge in [0.2, 0.25) is 0 Å². The molecular formula is C21H36O8. The minimum Gasteiger partial charge on any atom is -0.394 e. The fraction of sp³-hybridized carbons (Fsp3) is 0.714. The Bertz CT molecular complexity index is 571. The van der Waals surface area contributed by atoms with Crippen LogP contribution in [0.3, 0.4) is 0 Å². The average Bonchev–Trinajstić information content (AvgIpc) is 2.65. The normalized spacial score (nSPS) is 32.3. The van der Waals surface area contributed by atoms with E-state index >= 15 is 0 Å². The Balaban J connectivity index is 2.95. The summed E-state index contributed by atoms with van der Waals surface area (Å²) >= 11 is 0. The van der Waals surface area contributed by atoms with E-state index in [0.717, 1.165) is 5.57 Å². The second-order valence-electron chi connectivity index (χ2n) is 8.05. The Hall–Kier alpha value is -1.10. The molecule has 6 N–H and O–H groups in total. The molecule has 8 heteroatoms. The number of rotatable bonds is 11. The van der Waals surface area contributed by atoms with Crippen LogP contribution >= 0.6 is 0 Å². The first-order valence-corrected chi connectivity index (χ1v) is 9.74. The van der Waals surface area contributed by atoms with Crippen molar-refractivity contribution in [2.24, 2.45) is 0 Å². The van der Waals surface area contributed by atoms with E-state index in [0.29, 0.717) is 18.4 Å². The first-order valence-electron chi connectivity index (χ1n) is 9.74. The van der Waals surface area contributed by atoms with Crippen LogP contribution in [-0.2, 0) is 9.47 Å². The maximum Gasteiger partial charge on any atom is 0.187 e. The van der Waals surface area contributed by atoms with E-state index in [2.05, 4.69) is 13.2 Å². The molecule has 0 spiro atoms. The molecule has 1 saturated heterocycles. The van der Waals surface area contributed by atoms with Crippen LogP contribution in [0.2, 0.25) is 0 Å². The van der Waals surface area contributed by atoms with Gasteiger partial charge in [0, 0.05) is 6.42 Å². The molecule has 0 saturated carbocycles. The van der Waals surface area contributed by atoms with Gasteiger partial charge in [-0.15, -0.1) is 6.58 Å². The monoisotopic (exact) mass is 416 g/mol. The topological polar surface area (TPSA) is 140 Å². The molecule has 1 fully saturated rings. The van der Waals surface area contributed by atoms with Gasteiger partial charge in [0.05, 0.1) is 24.4 Å². The molecule has 0 aromatic heterocycles. The van der Waals surface area contributed by atoms with Crippen molar-refractivity contribution in [3.05, 3.63) is 36.5 Å². The highest BCUT2D eigenvalue weighted by molar-refractivity contribution is 5.08. The van der Waals surface area contributed by atoms with E-state index in [4.69, 9.17) is 9.47 Å². The largest absolute Gasteiger partial charge is 0.394 e. The van der Waals surface area contributed by atoms with E-state index in [9.17, 15) is 30.6 Å². The summed E-state index contributed by atoms with van der Waals surface area (Å²) < 4.78 is 11.2. The van der Waals surface area contributed by atoms with Crippen LogP contribution in [0.25, 0.3) is 0 Å². The molecular weight excluding hydrogens is 380 g/mol. The van der Waals surface area contributed by atoms with Crippen LogP contribution in [0, 0.1) is 0 Å². The smallest absolute Gasteiger partial charge is 0.187 e. The van der Waals surface area contributed by atoms with Gasteiger partial charge in [0.1, 0.15) is 24.4 Å². The van der Waals surface area contributed by atoms with Crippen molar-refractivity contribution in [3.8, 4) is 0 Å². The van der Waals surface area contributed by atoms with Gasteiger partial charge < -0.3 is 40.1 Å². The summed E-state index contributed by atoms with van der Waals surface area (Å²) in [5.41, 5.74) is 0.272. The average molecular weight is 417 g/mol. The third kappa shape index (κ3) is 7.92. The molecule has 1 rings (SSSR count). The highest BCUT2D eigenvalue weighted by Crippen LogP contribution is 2.27. The summed E-state index contributed by atoms with van der Waals surface area (Å²) in [5, 5.41) is 59.7. The van der Waals surface area contributed by atoms with Gasteiger partial charge in [-0.25, -0.2) is 0 Å². The summed E-state index contributed by atoms with van der Waals surface area (Å²) in [7, 11) is 0. The van der Waals surface area contributed by atoms with Crippen LogP contribution in [0.1, 0.15) is 40.0 Å². The van der Waals surface area contributed by atoms with Crippen LogP contribution < -0.4 is 0 Å². The van der Waals surface area contributed by atoms with E-state index in [1.165, 1.54) is 6.08 Å². The molecule has 0 radical (unpaired) electrons. The van der Waals surface area contributed by atoms with E-state index in [1.807, 2.05) is 6.92 Å². The summed E-state index contributed by atoms with van der Waals surface area (Å²) in [5.74, 6) is 0. The highest BCUT2D eigenvalue weighted by atomic mass is 16.7. The molecule has 1 aliphatic heterocycles. The number of aliphatic hydroxyl groups excluding tert-OH is 5. The molecule has 0 aromatic rings. The van der Waals surface area contributed by atoms with Crippen LogP contribution in [0.5, 0.6) is 0 Å². The molecule has 0 bridgehead atoms. The molecule has 8 atom stereocenters. The lowest BCUT2D eigenvalue weighted by Gasteiger charge is -2.41. The molecule has 168 valence electrons. The fourth-order valence-corrected chi connectivity index (χ4v) is 3.00. The van der Waals surface area contributed by atoms with Crippen molar-refractivity contribution < 1.29 is 40.1 Å². The molecule has 0 amide bonds. The highest BCUT2D eigenvalue weighted by Gasteiger charge is 2.45. The summed E-state index contributed by atoms with van der Waals surface area (Å²) in [6.45, 7) is 11.9. The van der Waals surface area contributed by atoms with Gasteiger partial charge >= 0.3 is 0 Å². The van der Waals surface area contributed by atoms with E-state index in [-0.39, 0.29) is 6.42 Å². The SMILES string of the molecule is C=CC(C)(O)CC(C=C(C)CCC(O)C(=C)C)OC1OC(CO)C(O)C(O)C1O.